The van der Waals surface area contributed by atoms with Crippen LogP contribution in [0.25, 0.3) is 0 Å². The number of amidine groups is 1. The highest BCUT2D eigenvalue weighted by Crippen LogP contribution is 2.21. The lowest BCUT2D eigenvalue weighted by atomic mass is 10.2. The molecule has 0 aliphatic heterocycles. The number of hydrogen-bond donors (Lipinski definition) is 3. The number of anilines is 1. The maximum absolute atomic E-state index is 13.1. The Bertz CT molecular complexity index is 635. The molecule has 1 heterocycles. The third-order valence-electron chi connectivity index (χ3n) is 2.34. The van der Waals surface area contributed by atoms with E-state index in [9.17, 15) is 9.50 Å². The van der Waals surface area contributed by atoms with Crippen LogP contribution in [0.5, 0.6) is 0 Å². The van der Waals surface area contributed by atoms with E-state index in [0.29, 0.717) is 16.3 Å². The lowest BCUT2D eigenvalue weighted by molar-refractivity contribution is 0.285. The van der Waals surface area contributed by atoms with Gasteiger partial charge in [0.2, 0.25) is 0 Å². The summed E-state index contributed by atoms with van der Waals surface area (Å²) in [7, 11) is 0. The van der Waals surface area contributed by atoms with Crippen LogP contribution in [-0.2, 0) is 6.61 Å². The van der Waals surface area contributed by atoms with Gasteiger partial charge in [-0.1, -0.05) is 16.1 Å². The van der Waals surface area contributed by atoms with Crippen LogP contribution in [0.2, 0.25) is 5.02 Å². The normalized spacial score (nSPS) is 11.7. The van der Waals surface area contributed by atoms with Gasteiger partial charge >= 0.3 is 0 Å². The Balaban J connectivity index is 2.31. The van der Waals surface area contributed by atoms with Gasteiger partial charge < -0.3 is 15.5 Å². The molecule has 0 fully saturated rings. The predicted octanol–water partition coefficient (Wildman–Crippen LogP) is 1.63. The van der Waals surface area contributed by atoms with Crippen molar-refractivity contribution in [1.82, 2.24) is 9.59 Å². The Hall–Kier alpha value is -1.61. The van der Waals surface area contributed by atoms with E-state index >= 15 is 0 Å². The molecule has 2 aromatic rings. The van der Waals surface area contributed by atoms with Crippen molar-refractivity contribution >= 4 is 34.7 Å². The molecule has 6 nitrogen and oxygen atoms in total. The molecule has 0 bridgehead atoms. The Morgan fingerprint density at radius 1 is 1.45 bits per heavy atom. The van der Waals surface area contributed by atoms with Gasteiger partial charge in [0.15, 0.2) is 5.84 Å². The van der Waals surface area contributed by atoms with Crippen molar-refractivity contribution in [1.29, 1.82) is 0 Å². The highest BCUT2D eigenvalue weighted by Gasteiger charge is 2.14. The SMILES string of the molecule is OCN=C(Nc1ccc(F)c(Cl)c1)c1nnsc1CO. The smallest absolute Gasteiger partial charge is 0.157 e. The van der Waals surface area contributed by atoms with Crippen LogP contribution in [-0.4, -0.2) is 32.4 Å². The van der Waals surface area contributed by atoms with Crippen LogP contribution in [0.15, 0.2) is 23.2 Å². The highest BCUT2D eigenvalue weighted by atomic mass is 35.5. The number of rotatable bonds is 4. The van der Waals surface area contributed by atoms with Crippen molar-refractivity contribution in [2.24, 2.45) is 4.99 Å². The van der Waals surface area contributed by atoms with E-state index in [-0.39, 0.29) is 17.5 Å². The van der Waals surface area contributed by atoms with E-state index in [1.165, 1.54) is 18.2 Å². The lowest BCUT2D eigenvalue weighted by Crippen LogP contribution is -2.17. The molecule has 3 N–H and O–H groups in total. The Morgan fingerprint density at radius 3 is 2.90 bits per heavy atom. The summed E-state index contributed by atoms with van der Waals surface area (Å²) in [5.74, 6) is -0.322. The highest BCUT2D eigenvalue weighted by molar-refractivity contribution is 7.05. The van der Waals surface area contributed by atoms with Gasteiger partial charge in [0.1, 0.15) is 18.2 Å². The van der Waals surface area contributed by atoms with Crippen LogP contribution in [0.1, 0.15) is 10.6 Å². The fourth-order valence-electron chi connectivity index (χ4n) is 1.45. The molecule has 0 amide bonds. The van der Waals surface area contributed by atoms with E-state index in [2.05, 4.69) is 19.9 Å². The van der Waals surface area contributed by atoms with Crippen molar-refractivity contribution in [3.05, 3.63) is 39.6 Å². The van der Waals surface area contributed by atoms with Gasteiger partial charge in [-0.25, -0.2) is 9.38 Å². The maximum atomic E-state index is 13.1. The number of aliphatic hydroxyl groups is 2. The molecular weight excluding hydrogens is 307 g/mol. The summed E-state index contributed by atoms with van der Waals surface area (Å²) < 4.78 is 16.8. The third kappa shape index (κ3) is 3.28. The fraction of sp³-hybridized carbons (Fsp3) is 0.182. The molecule has 0 spiro atoms. The summed E-state index contributed by atoms with van der Waals surface area (Å²) in [6.07, 6.45) is 0. The zero-order valence-corrected chi connectivity index (χ0v) is 11.6. The van der Waals surface area contributed by atoms with Gasteiger partial charge in [-0.15, -0.1) is 5.10 Å². The van der Waals surface area contributed by atoms with E-state index in [1.807, 2.05) is 0 Å². The molecule has 0 saturated heterocycles. The first-order valence-electron chi connectivity index (χ1n) is 5.45. The van der Waals surface area contributed by atoms with Gasteiger partial charge in [0.05, 0.1) is 16.5 Å². The Kier molecular flexibility index (Phi) is 4.96. The minimum Gasteiger partial charge on any atom is -0.391 e. The number of aromatic nitrogens is 2. The average Bonchev–Trinajstić information content (AvgIpc) is 2.90. The van der Waals surface area contributed by atoms with E-state index in [1.54, 1.807) is 0 Å². The Labute approximate surface area is 122 Å². The summed E-state index contributed by atoms with van der Waals surface area (Å²) >= 11 is 6.71. The fourth-order valence-corrected chi connectivity index (χ4v) is 2.13. The minimum atomic E-state index is -0.538. The maximum Gasteiger partial charge on any atom is 0.157 e. The number of hydrogen-bond acceptors (Lipinski definition) is 6. The number of benzene rings is 1. The van der Waals surface area contributed by atoms with Crippen molar-refractivity contribution in [3.8, 4) is 0 Å². The second kappa shape index (κ2) is 6.71. The van der Waals surface area contributed by atoms with Crippen LogP contribution < -0.4 is 5.32 Å². The first kappa shape index (κ1) is 14.8. The summed E-state index contributed by atoms with van der Waals surface area (Å²) in [4.78, 5) is 4.34. The number of nitrogens with one attached hydrogen (secondary N) is 1. The quantitative estimate of drug-likeness (QED) is 0.589. The average molecular weight is 317 g/mol. The minimum absolute atomic E-state index is 0.0443. The number of aliphatic imine (C=N–C) groups is 1. The van der Waals surface area contributed by atoms with Crippen molar-refractivity contribution in [2.45, 2.75) is 6.61 Å². The number of halogens is 2. The predicted molar refractivity (Wildman–Crippen MR) is 74.5 cm³/mol. The summed E-state index contributed by atoms with van der Waals surface area (Å²) in [5.41, 5.74) is 0.799. The van der Waals surface area contributed by atoms with Gasteiger partial charge in [0.25, 0.3) is 0 Å². The summed E-state index contributed by atoms with van der Waals surface area (Å²) in [5, 5.41) is 24.8. The lowest BCUT2D eigenvalue weighted by Gasteiger charge is -2.09. The third-order valence-corrected chi connectivity index (χ3v) is 3.33. The van der Waals surface area contributed by atoms with Gasteiger partial charge in [-0.2, -0.15) is 0 Å². The molecule has 2 rings (SSSR count). The van der Waals surface area contributed by atoms with Gasteiger partial charge in [-0.3, -0.25) is 0 Å². The van der Waals surface area contributed by atoms with Crippen LogP contribution in [0.4, 0.5) is 10.1 Å². The Morgan fingerprint density at radius 2 is 2.25 bits per heavy atom. The first-order chi connectivity index (χ1) is 9.65. The summed E-state index contributed by atoms with van der Waals surface area (Å²) in [6.45, 7) is -0.719. The molecule has 0 unspecified atom stereocenters. The topological polar surface area (TPSA) is 90.6 Å². The first-order valence-corrected chi connectivity index (χ1v) is 6.60. The molecule has 0 radical (unpaired) electrons. The molecule has 20 heavy (non-hydrogen) atoms. The van der Waals surface area contributed by atoms with Gasteiger partial charge in [-0.05, 0) is 29.7 Å². The molecule has 1 aromatic carbocycles. The van der Waals surface area contributed by atoms with Gasteiger partial charge in [0, 0.05) is 5.69 Å². The van der Waals surface area contributed by atoms with Crippen molar-refractivity contribution < 1.29 is 14.6 Å². The molecule has 0 saturated carbocycles. The molecule has 106 valence electrons. The molecule has 0 aliphatic carbocycles. The second-order valence-corrected chi connectivity index (χ2v) is 4.85. The number of aliphatic hydroxyl groups excluding tert-OH is 2. The van der Waals surface area contributed by atoms with Crippen LogP contribution >= 0.6 is 23.1 Å². The second-order valence-electron chi connectivity index (χ2n) is 3.60. The molecule has 1 aromatic heterocycles. The molecule has 0 atom stereocenters. The van der Waals surface area contributed by atoms with Crippen LogP contribution in [0, 0.1) is 5.82 Å². The molecule has 9 heteroatoms. The standard InChI is InChI=1S/C11H10ClFN4O2S/c12-7-3-6(1-2-8(7)13)15-11(14-5-19)10-9(4-18)20-17-16-10/h1-3,18-19H,4-5H2,(H,14,15). The monoisotopic (exact) mass is 316 g/mol. The zero-order chi connectivity index (χ0) is 14.5. The summed E-state index contributed by atoms with van der Waals surface area (Å²) in [6, 6.07) is 4.04. The molecular formula is C11H10ClFN4O2S. The van der Waals surface area contributed by atoms with E-state index in [4.69, 9.17) is 16.7 Å². The van der Waals surface area contributed by atoms with Crippen molar-refractivity contribution in [2.75, 3.05) is 12.0 Å². The van der Waals surface area contributed by atoms with Crippen molar-refractivity contribution in [3.63, 3.8) is 0 Å². The van der Waals surface area contributed by atoms with E-state index < -0.39 is 12.5 Å². The largest absolute Gasteiger partial charge is 0.391 e. The van der Waals surface area contributed by atoms with E-state index in [0.717, 1.165) is 11.5 Å². The molecule has 0 aliphatic rings. The van der Waals surface area contributed by atoms with Crippen LogP contribution in [0.3, 0.4) is 0 Å². The zero-order valence-electron chi connectivity index (χ0n) is 10.0. The number of nitrogens with zero attached hydrogens (tertiary/aromatic N) is 3.